The molecule has 1 saturated carbocycles. The topological polar surface area (TPSA) is 26.0 Å². The molecule has 3 rings (SSSR count). The Kier molecular flexibility index (Phi) is 4.15. The fourth-order valence-corrected chi connectivity index (χ4v) is 2.79. The Hall–Kier alpha value is -1.17. The molecule has 21 heavy (non-hydrogen) atoms. The van der Waals surface area contributed by atoms with Gasteiger partial charge in [-0.15, -0.1) is 0 Å². The van der Waals surface area contributed by atoms with Gasteiger partial charge in [0.2, 0.25) is 0 Å². The Labute approximate surface area is 134 Å². The summed E-state index contributed by atoms with van der Waals surface area (Å²) in [6, 6.07) is 7.93. The van der Waals surface area contributed by atoms with E-state index < -0.39 is 0 Å². The molecule has 1 heterocycles. The zero-order chi connectivity index (χ0) is 15.0. The van der Waals surface area contributed by atoms with Crippen molar-refractivity contribution in [2.45, 2.75) is 32.0 Å². The summed E-state index contributed by atoms with van der Waals surface area (Å²) < 4.78 is 4.75. The van der Waals surface area contributed by atoms with Gasteiger partial charge in [-0.25, -0.2) is 4.68 Å². The van der Waals surface area contributed by atoms with E-state index in [0.29, 0.717) is 12.6 Å². The van der Waals surface area contributed by atoms with Gasteiger partial charge in [-0.2, -0.15) is 5.10 Å². The first kappa shape index (κ1) is 14.8. The van der Waals surface area contributed by atoms with Crippen molar-refractivity contribution in [3.63, 3.8) is 0 Å². The van der Waals surface area contributed by atoms with Crippen molar-refractivity contribution in [3.8, 4) is 0 Å². The number of rotatable bonds is 5. The Morgan fingerprint density at radius 2 is 2.00 bits per heavy atom. The van der Waals surface area contributed by atoms with Crippen molar-refractivity contribution in [3.05, 3.63) is 45.4 Å². The quantitative estimate of drug-likeness (QED) is 0.787. The summed E-state index contributed by atoms with van der Waals surface area (Å²) in [7, 11) is 4.08. The maximum Gasteiger partial charge on any atom is 0.198 e. The molecule has 6 heteroatoms. The molecule has 1 fully saturated rings. The molecule has 0 radical (unpaired) electrons. The smallest absolute Gasteiger partial charge is 0.198 e. The second-order valence-electron chi connectivity index (χ2n) is 5.76. The van der Waals surface area contributed by atoms with E-state index in [2.05, 4.69) is 17.0 Å². The summed E-state index contributed by atoms with van der Waals surface area (Å²) in [5.74, 6) is 1.74. The number of nitrogens with zero attached hydrogens (tertiary/aromatic N) is 4. The summed E-state index contributed by atoms with van der Waals surface area (Å²) in [6.07, 6.45) is 2.47. The van der Waals surface area contributed by atoms with E-state index in [1.807, 2.05) is 40.6 Å². The van der Waals surface area contributed by atoms with E-state index in [1.54, 1.807) is 0 Å². The first-order chi connectivity index (χ1) is 10.0. The van der Waals surface area contributed by atoms with Gasteiger partial charge in [0.25, 0.3) is 0 Å². The number of halogens is 1. The van der Waals surface area contributed by atoms with Gasteiger partial charge in [0, 0.05) is 24.5 Å². The van der Waals surface area contributed by atoms with Crippen LogP contribution >= 0.6 is 23.8 Å². The van der Waals surface area contributed by atoms with Crippen LogP contribution in [0.3, 0.4) is 0 Å². The number of hydrogen-bond acceptors (Lipinski definition) is 3. The average molecular weight is 323 g/mol. The maximum absolute atomic E-state index is 5.91. The Balaban J connectivity index is 1.69. The molecule has 1 aromatic heterocycles. The Bertz CT molecular complexity index is 685. The monoisotopic (exact) mass is 322 g/mol. The molecule has 4 nitrogen and oxygen atoms in total. The average Bonchev–Trinajstić information content (AvgIpc) is 3.25. The van der Waals surface area contributed by atoms with E-state index in [0.717, 1.165) is 22.2 Å². The standard InChI is InChI=1S/C15H19ClN4S/c1-18(9-11-3-7-13(16)8-4-11)10-20-15(21)19(2)14(17-20)12-5-6-12/h3-4,7-8,12H,5-6,9-10H2,1-2H3. The minimum absolute atomic E-state index is 0.611. The lowest BCUT2D eigenvalue weighted by Crippen LogP contribution is -2.22. The van der Waals surface area contributed by atoms with Crippen molar-refractivity contribution >= 4 is 23.8 Å². The van der Waals surface area contributed by atoms with E-state index >= 15 is 0 Å². The molecule has 1 aliphatic carbocycles. The first-order valence-electron chi connectivity index (χ1n) is 7.11. The van der Waals surface area contributed by atoms with E-state index in [9.17, 15) is 0 Å². The summed E-state index contributed by atoms with van der Waals surface area (Å²) in [4.78, 5) is 2.20. The van der Waals surface area contributed by atoms with Crippen LogP contribution in [0.15, 0.2) is 24.3 Å². The van der Waals surface area contributed by atoms with Gasteiger partial charge in [0.15, 0.2) is 4.77 Å². The molecule has 0 N–H and O–H groups in total. The molecule has 0 bridgehead atoms. The molecule has 0 unspecified atom stereocenters. The number of aromatic nitrogens is 3. The van der Waals surface area contributed by atoms with Crippen LogP contribution in [-0.4, -0.2) is 26.3 Å². The third kappa shape index (κ3) is 3.36. The highest BCUT2D eigenvalue weighted by Gasteiger charge is 2.29. The fraction of sp³-hybridized carbons (Fsp3) is 0.467. The molecule has 112 valence electrons. The third-order valence-corrected chi connectivity index (χ3v) is 4.49. The number of benzene rings is 1. The van der Waals surface area contributed by atoms with Crippen LogP contribution in [0.4, 0.5) is 0 Å². The van der Waals surface area contributed by atoms with Crippen molar-refractivity contribution < 1.29 is 0 Å². The lowest BCUT2D eigenvalue weighted by atomic mass is 10.2. The molecule has 1 aliphatic rings. The zero-order valence-electron chi connectivity index (χ0n) is 12.3. The van der Waals surface area contributed by atoms with Crippen LogP contribution in [0.5, 0.6) is 0 Å². The molecule has 0 saturated heterocycles. The summed E-state index contributed by atoms with van der Waals surface area (Å²) in [6.45, 7) is 1.54. The predicted octanol–water partition coefficient (Wildman–Crippen LogP) is 3.57. The largest absolute Gasteiger partial charge is 0.307 e. The third-order valence-electron chi connectivity index (χ3n) is 3.76. The Morgan fingerprint density at radius 3 is 2.62 bits per heavy atom. The van der Waals surface area contributed by atoms with Gasteiger partial charge in [-0.3, -0.25) is 4.90 Å². The van der Waals surface area contributed by atoms with Gasteiger partial charge < -0.3 is 4.57 Å². The van der Waals surface area contributed by atoms with Crippen LogP contribution in [0.25, 0.3) is 0 Å². The lowest BCUT2D eigenvalue weighted by molar-refractivity contribution is 0.243. The summed E-state index contributed by atoms with van der Waals surface area (Å²) in [5.41, 5.74) is 1.23. The molecule has 0 atom stereocenters. The summed E-state index contributed by atoms with van der Waals surface area (Å²) in [5, 5.41) is 5.45. The van der Waals surface area contributed by atoms with Gasteiger partial charge in [-0.1, -0.05) is 23.7 Å². The minimum atomic E-state index is 0.611. The lowest BCUT2D eigenvalue weighted by Gasteiger charge is -2.16. The maximum atomic E-state index is 5.91. The molecular formula is C15H19ClN4S. The van der Waals surface area contributed by atoms with Crippen molar-refractivity contribution in [2.24, 2.45) is 7.05 Å². The molecular weight excluding hydrogens is 304 g/mol. The predicted molar refractivity (Wildman–Crippen MR) is 86.9 cm³/mol. The van der Waals surface area contributed by atoms with Crippen LogP contribution in [0.1, 0.15) is 30.1 Å². The van der Waals surface area contributed by atoms with Crippen LogP contribution in [0.2, 0.25) is 5.02 Å². The zero-order valence-corrected chi connectivity index (χ0v) is 13.9. The van der Waals surface area contributed by atoms with Gasteiger partial charge >= 0.3 is 0 Å². The fourth-order valence-electron chi connectivity index (χ4n) is 2.47. The molecule has 0 amide bonds. The highest BCUT2D eigenvalue weighted by atomic mass is 35.5. The second-order valence-corrected chi connectivity index (χ2v) is 6.56. The van der Waals surface area contributed by atoms with Gasteiger partial charge in [-0.05, 0) is 49.8 Å². The van der Waals surface area contributed by atoms with E-state index in [1.165, 1.54) is 18.4 Å². The van der Waals surface area contributed by atoms with Crippen molar-refractivity contribution in [1.29, 1.82) is 0 Å². The normalized spacial score (nSPS) is 14.9. The van der Waals surface area contributed by atoms with E-state index in [-0.39, 0.29) is 0 Å². The highest BCUT2D eigenvalue weighted by molar-refractivity contribution is 7.71. The van der Waals surface area contributed by atoms with Crippen molar-refractivity contribution in [1.82, 2.24) is 19.2 Å². The SMILES string of the molecule is CN(Cc1ccc(Cl)cc1)Cn1nc(C2CC2)n(C)c1=S. The molecule has 0 aliphatic heterocycles. The molecule has 0 spiro atoms. The minimum Gasteiger partial charge on any atom is -0.307 e. The van der Waals surface area contributed by atoms with Crippen LogP contribution in [-0.2, 0) is 20.3 Å². The Morgan fingerprint density at radius 1 is 1.33 bits per heavy atom. The van der Waals surface area contributed by atoms with Crippen LogP contribution in [0, 0.1) is 4.77 Å². The molecule has 2 aromatic rings. The van der Waals surface area contributed by atoms with Gasteiger partial charge in [0.05, 0.1) is 6.67 Å². The van der Waals surface area contributed by atoms with Crippen molar-refractivity contribution in [2.75, 3.05) is 7.05 Å². The summed E-state index contributed by atoms with van der Waals surface area (Å²) >= 11 is 11.4. The highest BCUT2D eigenvalue weighted by Crippen LogP contribution is 2.38. The van der Waals surface area contributed by atoms with E-state index in [4.69, 9.17) is 23.8 Å². The van der Waals surface area contributed by atoms with Crippen LogP contribution < -0.4 is 0 Å². The number of hydrogen-bond donors (Lipinski definition) is 0. The first-order valence-corrected chi connectivity index (χ1v) is 7.90. The second kappa shape index (κ2) is 5.91. The van der Waals surface area contributed by atoms with Gasteiger partial charge in [0.1, 0.15) is 5.82 Å². The molecule has 1 aromatic carbocycles.